The maximum atomic E-state index is 12.8. The summed E-state index contributed by atoms with van der Waals surface area (Å²) in [4.78, 5) is 26.5. The predicted octanol–water partition coefficient (Wildman–Crippen LogP) is 4.13. The molecule has 0 unspecified atom stereocenters. The van der Waals surface area contributed by atoms with Gasteiger partial charge in [-0.25, -0.2) is 0 Å². The van der Waals surface area contributed by atoms with Gasteiger partial charge < -0.3 is 10.2 Å². The highest BCUT2D eigenvalue weighted by atomic mass is 16.2. The second-order valence-corrected chi connectivity index (χ2v) is 7.77. The van der Waals surface area contributed by atoms with E-state index in [9.17, 15) is 9.59 Å². The standard InChI is InChI=1S/C23H26N2O2/c26-22(19-6-7-19)24-21-10-8-20(9-11-21)23(27)25-14-12-18(13-15-25)16-17-4-2-1-3-5-17/h1-5,8-11,18-19H,6-7,12-16H2,(H,24,26). The summed E-state index contributed by atoms with van der Waals surface area (Å²) in [5, 5.41) is 2.91. The van der Waals surface area contributed by atoms with Crippen molar-refractivity contribution in [2.75, 3.05) is 18.4 Å². The number of nitrogens with zero attached hydrogens (tertiary/aromatic N) is 1. The summed E-state index contributed by atoms with van der Waals surface area (Å²) < 4.78 is 0. The van der Waals surface area contributed by atoms with Crippen LogP contribution in [0.3, 0.4) is 0 Å². The van der Waals surface area contributed by atoms with Crippen LogP contribution in [-0.2, 0) is 11.2 Å². The average Bonchev–Trinajstić information content (AvgIpc) is 3.55. The fourth-order valence-corrected chi connectivity index (χ4v) is 3.76. The Kier molecular flexibility index (Phi) is 5.23. The van der Waals surface area contributed by atoms with Gasteiger partial charge in [0.1, 0.15) is 0 Å². The number of benzene rings is 2. The van der Waals surface area contributed by atoms with Crippen LogP contribution in [0.4, 0.5) is 5.69 Å². The van der Waals surface area contributed by atoms with Crippen molar-refractivity contribution >= 4 is 17.5 Å². The van der Waals surface area contributed by atoms with Gasteiger partial charge in [0, 0.05) is 30.3 Å². The van der Waals surface area contributed by atoms with E-state index < -0.39 is 0 Å². The molecule has 1 N–H and O–H groups in total. The molecular weight excluding hydrogens is 336 g/mol. The molecule has 0 aromatic heterocycles. The van der Waals surface area contributed by atoms with Gasteiger partial charge in [-0.2, -0.15) is 0 Å². The van der Waals surface area contributed by atoms with Gasteiger partial charge in [-0.15, -0.1) is 0 Å². The van der Waals surface area contributed by atoms with Crippen molar-refractivity contribution in [3.05, 3.63) is 65.7 Å². The van der Waals surface area contributed by atoms with Crippen LogP contribution in [0.25, 0.3) is 0 Å². The SMILES string of the molecule is O=C(Nc1ccc(C(=O)N2CCC(Cc3ccccc3)CC2)cc1)C1CC1. The van der Waals surface area contributed by atoms with E-state index in [0.717, 1.165) is 50.9 Å². The molecule has 1 aliphatic carbocycles. The largest absolute Gasteiger partial charge is 0.339 e. The molecule has 140 valence electrons. The van der Waals surface area contributed by atoms with Crippen molar-refractivity contribution in [2.45, 2.75) is 32.1 Å². The van der Waals surface area contributed by atoms with Crippen molar-refractivity contribution in [3.63, 3.8) is 0 Å². The number of carbonyl (C=O) groups is 2. The summed E-state index contributed by atoms with van der Waals surface area (Å²) in [5.41, 5.74) is 2.84. The molecule has 27 heavy (non-hydrogen) atoms. The maximum absolute atomic E-state index is 12.8. The second-order valence-electron chi connectivity index (χ2n) is 7.77. The number of hydrogen-bond donors (Lipinski definition) is 1. The lowest BCUT2D eigenvalue weighted by atomic mass is 9.90. The van der Waals surface area contributed by atoms with Gasteiger partial charge in [0.25, 0.3) is 5.91 Å². The Labute approximate surface area is 160 Å². The minimum absolute atomic E-state index is 0.0910. The fourth-order valence-electron chi connectivity index (χ4n) is 3.76. The molecule has 4 heteroatoms. The van der Waals surface area contributed by atoms with Crippen molar-refractivity contribution < 1.29 is 9.59 Å². The number of piperidine rings is 1. The van der Waals surface area contributed by atoms with Crippen LogP contribution < -0.4 is 5.32 Å². The quantitative estimate of drug-likeness (QED) is 0.869. The van der Waals surface area contributed by atoms with Gasteiger partial charge in [0.15, 0.2) is 0 Å². The smallest absolute Gasteiger partial charge is 0.253 e. The van der Waals surface area contributed by atoms with E-state index in [2.05, 4.69) is 29.6 Å². The number of anilines is 1. The van der Waals surface area contributed by atoms with Crippen LogP contribution in [0.2, 0.25) is 0 Å². The molecule has 1 aliphatic heterocycles. The van der Waals surface area contributed by atoms with Gasteiger partial charge in [-0.05, 0) is 67.9 Å². The van der Waals surface area contributed by atoms with Crippen LogP contribution in [0, 0.1) is 11.8 Å². The molecule has 1 saturated carbocycles. The first-order valence-corrected chi connectivity index (χ1v) is 9.93. The van der Waals surface area contributed by atoms with Gasteiger partial charge >= 0.3 is 0 Å². The van der Waals surface area contributed by atoms with Crippen molar-refractivity contribution in [1.82, 2.24) is 4.90 Å². The van der Waals surface area contributed by atoms with Crippen molar-refractivity contribution in [3.8, 4) is 0 Å². The molecule has 2 aromatic rings. The highest BCUT2D eigenvalue weighted by Gasteiger charge is 2.29. The van der Waals surface area contributed by atoms with E-state index >= 15 is 0 Å². The number of hydrogen-bond acceptors (Lipinski definition) is 2. The molecule has 0 bridgehead atoms. The van der Waals surface area contributed by atoms with Crippen LogP contribution in [0.1, 0.15) is 41.6 Å². The zero-order chi connectivity index (χ0) is 18.6. The zero-order valence-corrected chi connectivity index (χ0v) is 15.6. The molecule has 1 heterocycles. The van der Waals surface area contributed by atoms with E-state index in [0.29, 0.717) is 11.5 Å². The molecule has 4 nitrogen and oxygen atoms in total. The molecule has 4 rings (SSSR count). The molecule has 2 aliphatic rings. The van der Waals surface area contributed by atoms with Gasteiger partial charge in [-0.1, -0.05) is 30.3 Å². The topological polar surface area (TPSA) is 49.4 Å². The maximum Gasteiger partial charge on any atom is 0.253 e. The van der Waals surface area contributed by atoms with Crippen LogP contribution in [0.15, 0.2) is 54.6 Å². The molecule has 0 spiro atoms. The lowest BCUT2D eigenvalue weighted by Crippen LogP contribution is -2.38. The third-order valence-electron chi connectivity index (χ3n) is 5.62. The van der Waals surface area contributed by atoms with Gasteiger partial charge in [-0.3, -0.25) is 9.59 Å². The number of carbonyl (C=O) groups excluding carboxylic acids is 2. The average molecular weight is 362 g/mol. The first-order valence-electron chi connectivity index (χ1n) is 9.93. The van der Waals surface area contributed by atoms with Gasteiger partial charge in [0.2, 0.25) is 5.91 Å². The van der Waals surface area contributed by atoms with Crippen LogP contribution >= 0.6 is 0 Å². The van der Waals surface area contributed by atoms with E-state index in [-0.39, 0.29) is 17.7 Å². The fraction of sp³-hybridized carbons (Fsp3) is 0.391. The first kappa shape index (κ1) is 17.8. The van der Waals surface area contributed by atoms with E-state index in [1.54, 1.807) is 0 Å². The normalized spacial score (nSPS) is 17.6. The minimum Gasteiger partial charge on any atom is -0.339 e. The number of rotatable bonds is 5. The molecule has 0 atom stereocenters. The third-order valence-corrected chi connectivity index (χ3v) is 5.62. The summed E-state index contributed by atoms with van der Waals surface area (Å²) >= 11 is 0. The molecule has 2 aromatic carbocycles. The molecule has 1 saturated heterocycles. The van der Waals surface area contributed by atoms with E-state index in [4.69, 9.17) is 0 Å². The van der Waals surface area contributed by atoms with Crippen molar-refractivity contribution in [1.29, 1.82) is 0 Å². The monoisotopic (exact) mass is 362 g/mol. The molecule has 0 radical (unpaired) electrons. The Morgan fingerprint density at radius 3 is 2.19 bits per heavy atom. The molecule has 2 fully saturated rings. The van der Waals surface area contributed by atoms with Crippen molar-refractivity contribution in [2.24, 2.45) is 11.8 Å². The minimum atomic E-state index is 0.0910. The van der Waals surface area contributed by atoms with E-state index in [1.807, 2.05) is 35.2 Å². The summed E-state index contributed by atoms with van der Waals surface area (Å²) in [6.45, 7) is 1.63. The second kappa shape index (κ2) is 7.95. The van der Waals surface area contributed by atoms with Crippen LogP contribution in [-0.4, -0.2) is 29.8 Å². The summed E-state index contributed by atoms with van der Waals surface area (Å²) in [7, 11) is 0. The van der Waals surface area contributed by atoms with Gasteiger partial charge in [0.05, 0.1) is 0 Å². The van der Waals surface area contributed by atoms with Crippen LogP contribution in [0.5, 0.6) is 0 Å². The highest BCUT2D eigenvalue weighted by Crippen LogP contribution is 2.30. The Morgan fingerprint density at radius 2 is 1.56 bits per heavy atom. The highest BCUT2D eigenvalue weighted by molar-refractivity contribution is 5.96. The Hall–Kier alpha value is -2.62. The number of nitrogens with one attached hydrogen (secondary N) is 1. The zero-order valence-electron chi connectivity index (χ0n) is 15.6. The molecule has 2 amide bonds. The summed E-state index contributed by atoms with van der Waals surface area (Å²) in [6, 6.07) is 17.9. The lowest BCUT2D eigenvalue weighted by molar-refractivity contribution is -0.117. The Morgan fingerprint density at radius 1 is 0.889 bits per heavy atom. The summed E-state index contributed by atoms with van der Waals surface area (Å²) in [5.74, 6) is 1.02. The number of amides is 2. The lowest BCUT2D eigenvalue weighted by Gasteiger charge is -2.32. The Balaban J connectivity index is 1.29. The first-order chi connectivity index (χ1) is 13.2. The summed E-state index contributed by atoms with van der Waals surface area (Å²) in [6.07, 6.45) is 5.18. The predicted molar refractivity (Wildman–Crippen MR) is 107 cm³/mol. The number of likely N-dealkylation sites (tertiary alicyclic amines) is 1. The molecular formula is C23H26N2O2. The Bertz CT molecular complexity index is 789. The third kappa shape index (κ3) is 4.57. The van der Waals surface area contributed by atoms with E-state index in [1.165, 1.54) is 5.56 Å².